The third kappa shape index (κ3) is 3.56. The fourth-order valence-electron chi connectivity index (χ4n) is 4.48. The first-order chi connectivity index (χ1) is 13.5. The minimum Gasteiger partial charge on any atom is -0.346 e. The monoisotopic (exact) mass is 380 g/mol. The molecule has 2 aliphatic heterocycles. The van der Waals surface area contributed by atoms with Gasteiger partial charge in [0.15, 0.2) is 0 Å². The number of likely N-dealkylation sites (tertiary alicyclic amines) is 1. The molecule has 1 N–H and O–H groups in total. The molecule has 4 rings (SSSR count). The number of amides is 2. The first kappa shape index (κ1) is 18.7. The van der Waals surface area contributed by atoms with Crippen LogP contribution >= 0.6 is 0 Å². The van der Waals surface area contributed by atoms with Crippen LogP contribution in [0.25, 0.3) is 10.9 Å². The van der Waals surface area contributed by atoms with E-state index in [2.05, 4.69) is 28.1 Å². The molecule has 28 heavy (non-hydrogen) atoms. The Kier molecular flexibility index (Phi) is 5.22. The summed E-state index contributed by atoms with van der Waals surface area (Å²) < 4.78 is 2.12. The number of likely N-dealkylation sites (N-methyl/N-ethyl adjacent to an activating group) is 1. The van der Waals surface area contributed by atoms with E-state index in [0.29, 0.717) is 18.9 Å². The van der Waals surface area contributed by atoms with E-state index in [1.165, 1.54) is 5.39 Å². The van der Waals surface area contributed by atoms with Gasteiger partial charge in [-0.1, -0.05) is 18.2 Å². The van der Waals surface area contributed by atoms with Gasteiger partial charge in [0, 0.05) is 50.0 Å². The van der Waals surface area contributed by atoms with Gasteiger partial charge in [0.25, 0.3) is 0 Å². The lowest BCUT2D eigenvalue weighted by atomic mass is 9.84. The second-order valence-corrected chi connectivity index (χ2v) is 7.92. The second kappa shape index (κ2) is 7.80. The molecule has 2 fully saturated rings. The molecule has 0 saturated carbocycles. The van der Waals surface area contributed by atoms with E-state index in [-0.39, 0.29) is 17.9 Å². The number of para-hydroxylation sites is 1. The number of nitrogens with one attached hydrogen (secondary N) is 1. The molecule has 1 aromatic carbocycles. The van der Waals surface area contributed by atoms with Crippen LogP contribution in [0.15, 0.2) is 42.6 Å². The van der Waals surface area contributed by atoms with Crippen LogP contribution in [0.4, 0.5) is 0 Å². The molecular weight excluding hydrogens is 352 g/mol. The summed E-state index contributed by atoms with van der Waals surface area (Å²) in [5.41, 5.74) is 2.24. The summed E-state index contributed by atoms with van der Waals surface area (Å²) in [6.45, 7) is 2.41. The maximum absolute atomic E-state index is 12.7. The fraction of sp³-hybridized carbons (Fsp3) is 0.455. The Labute approximate surface area is 165 Å². The molecule has 6 heteroatoms. The topological polar surface area (TPSA) is 57.6 Å². The van der Waals surface area contributed by atoms with Crippen molar-refractivity contribution in [2.24, 2.45) is 13.0 Å². The minimum atomic E-state index is -0.0888. The molecule has 6 nitrogen and oxygen atoms in total. The average molecular weight is 380 g/mol. The molecule has 2 saturated heterocycles. The molecule has 0 spiro atoms. The van der Waals surface area contributed by atoms with Crippen LogP contribution in [0.2, 0.25) is 0 Å². The largest absolute Gasteiger partial charge is 0.346 e. The number of fused-ring (bicyclic) bond motifs is 2. The summed E-state index contributed by atoms with van der Waals surface area (Å²) >= 11 is 0. The van der Waals surface area contributed by atoms with Crippen molar-refractivity contribution in [1.82, 2.24) is 19.7 Å². The lowest BCUT2D eigenvalue weighted by Crippen LogP contribution is -2.53. The summed E-state index contributed by atoms with van der Waals surface area (Å²) in [5, 5.41) is 4.58. The average Bonchev–Trinajstić information content (AvgIpc) is 3.02. The number of aromatic nitrogens is 1. The van der Waals surface area contributed by atoms with Crippen molar-refractivity contribution < 1.29 is 9.59 Å². The summed E-state index contributed by atoms with van der Waals surface area (Å²) in [7, 11) is 3.82. The number of rotatable bonds is 4. The number of piperidine rings is 2. The zero-order valence-corrected chi connectivity index (χ0v) is 16.6. The zero-order chi connectivity index (χ0) is 19.7. The highest BCUT2D eigenvalue weighted by Crippen LogP contribution is 2.28. The first-order valence-corrected chi connectivity index (χ1v) is 10.0. The molecule has 0 aliphatic carbocycles. The van der Waals surface area contributed by atoms with Crippen molar-refractivity contribution in [3.05, 3.63) is 48.3 Å². The Hall–Kier alpha value is -2.60. The Morgan fingerprint density at radius 2 is 2.14 bits per heavy atom. The van der Waals surface area contributed by atoms with Gasteiger partial charge >= 0.3 is 0 Å². The second-order valence-electron chi connectivity index (χ2n) is 7.92. The van der Waals surface area contributed by atoms with Crippen molar-refractivity contribution in [3.63, 3.8) is 0 Å². The number of hydrogen-bond donors (Lipinski definition) is 1. The SMILES string of the molecule is CN(Cc1cc2ccccc2n1C)C(=O)/C=C/N1C(=O)CCC2CNCCC21. The zero-order valence-electron chi connectivity index (χ0n) is 16.6. The Morgan fingerprint density at radius 1 is 1.32 bits per heavy atom. The van der Waals surface area contributed by atoms with Crippen LogP contribution in [0, 0.1) is 5.92 Å². The third-order valence-corrected chi connectivity index (χ3v) is 6.15. The van der Waals surface area contributed by atoms with Gasteiger partial charge in [-0.3, -0.25) is 9.59 Å². The van der Waals surface area contributed by atoms with E-state index in [9.17, 15) is 9.59 Å². The summed E-state index contributed by atoms with van der Waals surface area (Å²) in [5.74, 6) is 0.525. The number of benzene rings is 1. The first-order valence-electron chi connectivity index (χ1n) is 10.0. The van der Waals surface area contributed by atoms with Gasteiger partial charge in [0.2, 0.25) is 11.8 Å². The predicted molar refractivity (Wildman–Crippen MR) is 109 cm³/mol. The molecule has 0 radical (unpaired) electrons. The van der Waals surface area contributed by atoms with Gasteiger partial charge in [-0.2, -0.15) is 0 Å². The maximum Gasteiger partial charge on any atom is 0.248 e. The molecule has 2 unspecified atom stereocenters. The number of carbonyl (C=O) groups excluding carboxylic acids is 2. The molecular formula is C22H28N4O2. The predicted octanol–water partition coefficient (Wildman–Crippen LogP) is 2.25. The van der Waals surface area contributed by atoms with E-state index in [1.54, 1.807) is 29.1 Å². The van der Waals surface area contributed by atoms with Gasteiger partial charge in [-0.15, -0.1) is 0 Å². The summed E-state index contributed by atoms with van der Waals surface area (Å²) in [6.07, 6.45) is 5.71. The molecule has 2 aromatic rings. The van der Waals surface area contributed by atoms with Crippen molar-refractivity contribution in [2.45, 2.75) is 31.8 Å². The lowest BCUT2D eigenvalue weighted by molar-refractivity contribution is -0.135. The fourth-order valence-corrected chi connectivity index (χ4v) is 4.48. The highest BCUT2D eigenvalue weighted by Gasteiger charge is 2.36. The third-order valence-electron chi connectivity index (χ3n) is 6.15. The van der Waals surface area contributed by atoms with Crippen LogP contribution in [0.5, 0.6) is 0 Å². The van der Waals surface area contributed by atoms with Crippen molar-refractivity contribution >= 4 is 22.7 Å². The molecule has 0 bridgehead atoms. The summed E-state index contributed by atoms with van der Waals surface area (Å²) in [6, 6.07) is 10.5. The molecule has 2 atom stereocenters. The molecule has 1 aromatic heterocycles. The van der Waals surface area contributed by atoms with Gasteiger partial charge in [-0.25, -0.2) is 0 Å². The number of nitrogens with zero attached hydrogens (tertiary/aromatic N) is 3. The Morgan fingerprint density at radius 3 is 2.96 bits per heavy atom. The standard InChI is InChI=1S/C22H28N4O2/c1-24(15-18-13-16-5-3-4-6-19(16)25(18)2)21(27)10-12-26-20-9-11-23-14-17(20)7-8-22(26)28/h3-6,10,12-13,17,20,23H,7-9,11,14-15H2,1-2H3/b12-10+. The molecule has 2 amide bonds. The van der Waals surface area contributed by atoms with E-state index in [4.69, 9.17) is 0 Å². The quantitative estimate of drug-likeness (QED) is 0.828. The molecule has 3 heterocycles. The molecule has 2 aliphatic rings. The van der Waals surface area contributed by atoms with Crippen LogP contribution in [0.3, 0.4) is 0 Å². The van der Waals surface area contributed by atoms with Gasteiger partial charge in [-0.05, 0) is 49.4 Å². The van der Waals surface area contributed by atoms with E-state index in [0.717, 1.165) is 37.1 Å². The van der Waals surface area contributed by atoms with Crippen molar-refractivity contribution in [1.29, 1.82) is 0 Å². The highest BCUT2D eigenvalue weighted by molar-refractivity contribution is 5.88. The smallest absolute Gasteiger partial charge is 0.248 e. The van der Waals surface area contributed by atoms with Crippen molar-refractivity contribution in [2.75, 3.05) is 20.1 Å². The summed E-state index contributed by atoms with van der Waals surface area (Å²) in [4.78, 5) is 28.6. The van der Waals surface area contributed by atoms with Gasteiger partial charge < -0.3 is 19.7 Å². The number of aryl methyl sites for hydroxylation is 1. The van der Waals surface area contributed by atoms with E-state index < -0.39 is 0 Å². The maximum atomic E-state index is 12.7. The normalized spacial score (nSPS) is 22.6. The van der Waals surface area contributed by atoms with Crippen LogP contribution in [-0.2, 0) is 23.2 Å². The highest BCUT2D eigenvalue weighted by atomic mass is 16.2. The van der Waals surface area contributed by atoms with Gasteiger partial charge in [0.05, 0.1) is 6.54 Å². The molecule has 148 valence electrons. The van der Waals surface area contributed by atoms with Crippen LogP contribution < -0.4 is 5.32 Å². The minimum absolute atomic E-state index is 0.0888. The van der Waals surface area contributed by atoms with E-state index in [1.807, 2.05) is 19.2 Å². The van der Waals surface area contributed by atoms with Crippen molar-refractivity contribution in [3.8, 4) is 0 Å². The van der Waals surface area contributed by atoms with Gasteiger partial charge in [0.1, 0.15) is 0 Å². The lowest BCUT2D eigenvalue weighted by Gasteiger charge is -2.42. The van der Waals surface area contributed by atoms with Crippen LogP contribution in [0.1, 0.15) is 25.0 Å². The Balaban J connectivity index is 1.44. The van der Waals surface area contributed by atoms with E-state index >= 15 is 0 Å². The van der Waals surface area contributed by atoms with Crippen LogP contribution in [-0.4, -0.2) is 52.4 Å². The number of carbonyl (C=O) groups is 2. The number of hydrogen-bond acceptors (Lipinski definition) is 3. The Bertz CT molecular complexity index is 916.